The zero-order valence-corrected chi connectivity index (χ0v) is 19.9. The van der Waals surface area contributed by atoms with Gasteiger partial charge in [0.1, 0.15) is 0 Å². The van der Waals surface area contributed by atoms with Crippen LogP contribution in [0.15, 0.2) is 47.8 Å². The molecule has 7 nitrogen and oxygen atoms in total. The average Bonchev–Trinajstić information content (AvgIpc) is 3.49. The Morgan fingerprint density at radius 1 is 1.09 bits per heavy atom. The minimum atomic E-state index is -3.39. The molecule has 0 bridgehead atoms. The van der Waals surface area contributed by atoms with Crippen LogP contribution in [-0.2, 0) is 31.9 Å². The molecule has 1 aromatic carbocycles. The van der Waals surface area contributed by atoms with Crippen LogP contribution in [0.5, 0.6) is 0 Å². The SMILES string of the molecule is O=C(CN(Cc1cccs1)C[C@H]1CCCO1)N1CCN(S(=O)(=O)Cc2ccccc2)CC1. The molecule has 2 aliphatic heterocycles. The largest absolute Gasteiger partial charge is 0.377 e. The van der Waals surface area contributed by atoms with E-state index in [1.165, 1.54) is 9.18 Å². The second kappa shape index (κ2) is 10.9. The van der Waals surface area contributed by atoms with Crippen molar-refractivity contribution in [1.29, 1.82) is 0 Å². The summed E-state index contributed by atoms with van der Waals surface area (Å²) in [5, 5.41) is 2.05. The van der Waals surface area contributed by atoms with Gasteiger partial charge in [0.25, 0.3) is 0 Å². The van der Waals surface area contributed by atoms with E-state index in [4.69, 9.17) is 4.74 Å². The molecule has 32 heavy (non-hydrogen) atoms. The predicted molar refractivity (Wildman–Crippen MR) is 126 cm³/mol. The van der Waals surface area contributed by atoms with Crippen LogP contribution < -0.4 is 0 Å². The quantitative estimate of drug-likeness (QED) is 0.555. The van der Waals surface area contributed by atoms with Gasteiger partial charge in [-0.05, 0) is 29.9 Å². The fourth-order valence-corrected chi connectivity index (χ4v) is 6.53. The first kappa shape index (κ1) is 23.4. The summed E-state index contributed by atoms with van der Waals surface area (Å²) in [5.74, 6) is 0.0530. The average molecular weight is 478 g/mol. The molecule has 2 fully saturated rings. The van der Waals surface area contributed by atoms with Gasteiger partial charge in [0.05, 0.1) is 18.4 Å². The molecular formula is C23H31N3O4S2. The Hall–Kier alpha value is -1.78. The van der Waals surface area contributed by atoms with Gasteiger partial charge >= 0.3 is 0 Å². The minimum absolute atomic E-state index is 0.00222. The lowest BCUT2D eigenvalue weighted by Gasteiger charge is -2.35. The molecule has 0 radical (unpaired) electrons. The smallest absolute Gasteiger partial charge is 0.236 e. The number of ether oxygens (including phenoxy) is 1. The molecule has 1 atom stereocenters. The summed E-state index contributed by atoms with van der Waals surface area (Å²) >= 11 is 1.69. The van der Waals surface area contributed by atoms with Gasteiger partial charge in [-0.3, -0.25) is 9.69 Å². The Kier molecular flexibility index (Phi) is 7.96. The van der Waals surface area contributed by atoms with Gasteiger partial charge in [-0.25, -0.2) is 8.42 Å². The molecule has 9 heteroatoms. The van der Waals surface area contributed by atoms with Crippen LogP contribution >= 0.6 is 11.3 Å². The maximum absolute atomic E-state index is 13.0. The summed E-state index contributed by atoms with van der Waals surface area (Å²) < 4.78 is 32.9. The van der Waals surface area contributed by atoms with Crippen molar-refractivity contribution in [2.75, 3.05) is 45.9 Å². The van der Waals surface area contributed by atoms with Crippen molar-refractivity contribution in [3.05, 3.63) is 58.3 Å². The van der Waals surface area contributed by atoms with Gasteiger partial charge in [-0.1, -0.05) is 36.4 Å². The van der Waals surface area contributed by atoms with E-state index in [0.717, 1.165) is 38.1 Å². The summed E-state index contributed by atoms with van der Waals surface area (Å²) in [5.41, 5.74) is 0.782. The lowest BCUT2D eigenvalue weighted by Crippen LogP contribution is -2.53. The first-order valence-corrected chi connectivity index (χ1v) is 13.6. The van der Waals surface area contributed by atoms with E-state index in [2.05, 4.69) is 16.3 Å². The Morgan fingerprint density at radius 3 is 2.53 bits per heavy atom. The Balaban J connectivity index is 1.31. The second-order valence-electron chi connectivity index (χ2n) is 8.41. The molecule has 0 unspecified atom stereocenters. The first-order chi connectivity index (χ1) is 15.5. The van der Waals surface area contributed by atoms with E-state index in [1.54, 1.807) is 16.2 Å². The minimum Gasteiger partial charge on any atom is -0.377 e. The second-order valence-corrected chi connectivity index (χ2v) is 11.4. The van der Waals surface area contributed by atoms with Gasteiger partial charge in [-0.15, -0.1) is 11.3 Å². The molecule has 0 saturated carbocycles. The van der Waals surface area contributed by atoms with Crippen molar-refractivity contribution >= 4 is 27.3 Å². The molecule has 3 heterocycles. The maximum atomic E-state index is 13.0. The summed E-state index contributed by atoms with van der Waals surface area (Å²) in [6.07, 6.45) is 2.29. The molecule has 0 spiro atoms. The van der Waals surface area contributed by atoms with Crippen LogP contribution in [0.3, 0.4) is 0 Å². The van der Waals surface area contributed by atoms with Gasteiger partial charge < -0.3 is 9.64 Å². The topological polar surface area (TPSA) is 70.2 Å². The maximum Gasteiger partial charge on any atom is 0.236 e. The molecule has 4 rings (SSSR count). The zero-order chi connectivity index (χ0) is 22.4. The third-order valence-electron chi connectivity index (χ3n) is 5.98. The highest BCUT2D eigenvalue weighted by molar-refractivity contribution is 7.88. The Morgan fingerprint density at radius 2 is 1.88 bits per heavy atom. The number of hydrogen-bond donors (Lipinski definition) is 0. The number of nitrogens with zero attached hydrogens (tertiary/aromatic N) is 3. The van der Waals surface area contributed by atoms with E-state index in [9.17, 15) is 13.2 Å². The van der Waals surface area contributed by atoms with Gasteiger partial charge in [-0.2, -0.15) is 4.31 Å². The van der Waals surface area contributed by atoms with Gasteiger partial charge in [0.15, 0.2) is 0 Å². The lowest BCUT2D eigenvalue weighted by molar-refractivity contribution is -0.134. The van der Waals surface area contributed by atoms with Gasteiger partial charge in [0, 0.05) is 50.8 Å². The van der Waals surface area contributed by atoms with Crippen molar-refractivity contribution in [2.45, 2.75) is 31.2 Å². The highest BCUT2D eigenvalue weighted by Gasteiger charge is 2.30. The third kappa shape index (κ3) is 6.39. The number of piperazine rings is 1. The number of carbonyl (C=O) groups excluding carboxylic acids is 1. The van der Waals surface area contributed by atoms with Crippen molar-refractivity contribution in [2.24, 2.45) is 0 Å². The van der Waals surface area contributed by atoms with E-state index in [-0.39, 0.29) is 17.8 Å². The molecular weight excluding hydrogens is 446 g/mol. The molecule has 1 aromatic heterocycles. The van der Waals surface area contributed by atoms with Crippen molar-refractivity contribution in [3.8, 4) is 0 Å². The third-order valence-corrected chi connectivity index (χ3v) is 8.69. The van der Waals surface area contributed by atoms with E-state index < -0.39 is 10.0 Å². The van der Waals surface area contributed by atoms with Crippen LogP contribution in [0.2, 0.25) is 0 Å². The molecule has 174 valence electrons. The number of thiophene rings is 1. The fourth-order valence-electron chi connectivity index (χ4n) is 4.27. The molecule has 2 aliphatic rings. The standard InChI is InChI=1S/C23H31N3O4S2/c27-23(18-24(16-21-8-4-14-30-21)17-22-9-5-15-31-22)25-10-12-26(13-11-25)32(28,29)19-20-6-2-1-3-7-20/h1-3,5-7,9,15,21H,4,8,10-14,16-19H2/t21-/m1/s1. The number of benzene rings is 1. The van der Waals surface area contributed by atoms with Crippen molar-refractivity contribution < 1.29 is 17.9 Å². The van der Waals surface area contributed by atoms with Gasteiger partial charge in [0.2, 0.25) is 15.9 Å². The number of hydrogen-bond acceptors (Lipinski definition) is 6. The highest BCUT2D eigenvalue weighted by atomic mass is 32.2. The summed E-state index contributed by atoms with van der Waals surface area (Å²) in [6.45, 7) is 4.15. The lowest BCUT2D eigenvalue weighted by atomic mass is 10.2. The van der Waals surface area contributed by atoms with Crippen LogP contribution in [-0.4, -0.2) is 80.4 Å². The molecule has 1 amide bonds. The normalized spacial score (nSPS) is 20.2. The monoisotopic (exact) mass is 477 g/mol. The molecule has 0 N–H and O–H groups in total. The molecule has 0 aliphatic carbocycles. The highest BCUT2D eigenvalue weighted by Crippen LogP contribution is 2.18. The number of sulfonamides is 1. The number of carbonyl (C=O) groups is 1. The van der Waals surface area contributed by atoms with Crippen LogP contribution in [0, 0.1) is 0 Å². The van der Waals surface area contributed by atoms with Crippen molar-refractivity contribution in [3.63, 3.8) is 0 Å². The molecule has 2 aromatic rings. The Bertz CT molecular complexity index is 952. The van der Waals surface area contributed by atoms with E-state index in [0.29, 0.717) is 32.7 Å². The number of amides is 1. The summed E-state index contributed by atoms with van der Waals surface area (Å²) in [7, 11) is -3.39. The van der Waals surface area contributed by atoms with Crippen LogP contribution in [0.4, 0.5) is 0 Å². The summed E-state index contributed by atoms with van der Waals surface area (Å²) in [4.78, 5) is 18.2. The molecule has 2 saturated heterocycles. The van der Waals surface area contributed by atoms with E-state index in [1.807, 2.05) is 36.4 Å². The van der Waals surface area contributed by atoms with Crippen molar-refractivity contribution in [1.82, 2.24) is 14.1 Å². The van der Waals surface area contributed by atoms with Crippen LogP contribution in [0.25, 0.3) is 0 Å². The number of rotatable bonds is 9. The van der Waals surface area contributed by atoms with Crippen LogP contribution in [0.1, 0.15) is 23.3 Å². The Labute approximate surface area is 194 Å². The van der Waals surface area contributed by atoms with E-state index >= 15 is 0 Å². The zero-order valence-electron chi connectivity index (χ0n) is 18.3. The fraction of sp³-hybridized carbons (Fsp3) is 0.522. The summed E-state index contributed by atoms with van der Waals surface area (Å²) in [6, 6.07) is 13.3. The predicted octanol–water partition coefficient (Wildman–Crippen LogP) is 2.40. The first-order valence-electron chi connectivity index (χ1n) is 11.2.